The average molecular weight is 401 g/mol. The van der Waals surface area contributed by atoms with Crippen LogP contribution in [0.3, 0.4) is 0 Å². The van der Waals surface area contributed by atoms with Gasteiger partial charge in [0.1, 0.15) is 0 Å². The number of rotatable bonds is 6. The summed E-state index contributed by atoms with van der Waals surface area (Å²) < 4.78 is 0. The maximum absolute atomic E-state index is 12.9. The number of benzene rings is 3. The van der Waals surface area contributed by atoms with Gasteiger partial charge >= 0.3 is 0 Å². The molecule has 1 fully saturated rings. The van der Waals surface area contributed by atoms with Crippen molar-refractivity contribution >= 4 is 28.0 Å². The summed E-state index contributed by atoms with van der Waals surface area (Å²) in [5, 5.41) is 2.24. The van der Waals surface area contributed by atoms with Crippen molar-refractivity contribution in [1.82, 2.24) is 4.90 Å². The number of fused-ring (bicyclic) bond motifs is 1. The monoisotopic (exact) mass is 400 g/mol. The molecule has 30 heavy (non-hydrogen) atoms. The van der Waals surface area contributed by atoms with Crippen molar-refractivity contribution < 1.29 is 9.59 Å². The molecule has 3 aromatic rings. The summed E-state index contributed by atoms with van der Waals surface area (Å²) >= 11 is 0. The number of carbonyl (C=O) groups is 2. The van der Waals surface area contributed by atoms with E-state index in [1.165, 1.54) is 0 Å². The van der Waals surface area contributed by atoms with Crippen LogP contribution in [0.2, 0.25) is 0 Å². The minimum atomic E-state index is 0.0437. The smallest absolute Gasteiger partial charge is 0.176 e. The molecule has 0 aromatic heterocycles. The number of Topliss-reactive ketones (excluding diaryl/α,β-unsaturated/α-hetero) is 2. The fourth-order valence-corrected chi connectivity index (χ4v) is 4.17. The molecule has 0 atom stereocenters. The van der Waals surface area contributed by atoms with Crippen LogP contribution in [0.25, 0.3) is 10.8 Å². The van der Waals surface area contributed by atoms with Gasteiger partial charge in [-0.1, -0.05) is 36.4 Å². The third-order valence-electron chi connectivity index (χ3n) is 6.07. The largest absolute Gasteiger partial charge is 0.378 e. The van der Waals surface area contributed by atoms with Crippen LogP contribution in [0, 0.1) is 5.92 Å². The van der Waals surface area contributed by atoms with Gasteiger partial charge in [0.2, 0.25) is 0 Å². The third-order valence-corrected chi connectivity index (χ3v) is 6.07. The van der Waals surface area contributed by atoms with Gasteiger partial charge in [0, 0.05) is 36.8 Å². The maximum Gasteiger partial charge on any atom is 0.176 e. The van der Waals surface area contributed by atoms with Crippen LogP contribution < -0.4 is 4.90 Å². The lowest BCUT2D eigenvalue weighted by molar-refractivity contribution is 0.0805. The van der Waals surface area contributed by atoms with E-state index in [2.05, 4.69) is 11.0 Å². The predicted octanol–water partition coefficient (Wildman–Crippen LogP) is 4.68. The summed E-state index contributed by atoms with van der Waals surface area (Å²) in [4.78, 5) is 29.8. The van der Waals surface area contributed by atoms with Gasteiger partial charge in [0.25, 0.3) is 0 Å². The minimum absolute atomic E-state index is 0.0437. The highest BCUT2D eigenvalue weighted by atomic mass is 16.1. The molecule has 0 saturated carbocycles. The molecule has 4 heteroatoms. The first-order chi connectivity index (χ1) is 14.5. The highest BCUT2D eigenvalue weighted by Gasteiger charge is 2.26. The van der Waals surface area contributed by atoms with Crippen molar-refractivity contribution in [3.8, 4) is 0 Å². The van der Waals surface area contributed by atoms with Gasteiger partial charge in [-0.2, -0.15) is 0 Å². The summed E-state index contributed by atoms with van der Waals surface area (Å²) in [7, 11) is 3.98. The highest BCUT2D eigenvalue weighted by Crippen LogP contribution is 2.24. The molecule has 0 N–H and O–H groups in total. The molecule has 1 saturated heterocycles. The zero-order valence-corrected chi connectivity index (χ0v) is 17.7. The van der Waals surface area contributed by atoms with Crippen molar-refractivity contribution in [2.45, 2.75) is 12.8 Å². The highest BCUT2D eigenvalue weighted by molar-refractivity contribution is 6.01. The molecule has 0 radical (unpaired) electrons. The molecule has 3 aromatic carbocycles. The quantitative estimate of drug-likeness (QED) is 0.563. The Labute approximate surface area is 178 Å². The molecule has 1 aliphatic rings. The second kappa shape index (κ2) is 8.80. The van der Waals surface area contributed by atoms with Crippen LogP contribution >= 0.6 is 0 Å². The van der Waals surface area contributed by atoms with Crippen molar-refractivity contribution in [2.75, 3.05) is 38.6 Å². The Bertz CT molecular complexity index is 1050. The zero-order valence-electron chi connectivity index (χ0n) is 17.7. The fraction of sp³-hybridized carbons (Fsp3) is 0.308. The van der Waals surface area contributed by atoms with Crippen LogP contribution in [0.15, 0.2) is 66.7 Å². The third kappa shape index (κ3) is 4.44. The topological polar surface area (TPSA) is 40.6 Å². The summed E-state index contributed by atoms with van der Waals surface area (Å²) in [5.74, 6) is 0.410. The Kier molecular flexibility index (Phi) is 5.96. The number of anilines is 1. The van der Waals surface area contributed by atoms with E-state index >= 15 is 0 Å². The van der Waals surface area contributed by atoms with Gasteiger partial charge in [0.05, 0.1) is 6.54 Å². The van der Waals surface area contributed by atoms with E-state index in [1.54, 1.807) is 0 Å². The van der Waals surface area contributed by atoms with Gasteiger partial charge in [-0.15, -0.1) is 0 Å². The number of hydrogen-bond acceptors (Lipinski definition) is 4. The lowest BCUT2D eigenvalue weighted by Crippen LogP contribution is -2.39. The van der Waals surface area contributed by atoms with Crippen molar-refractivity contribution in [2.24, 2.45) is 5.92 Å². The number of ketones is 2. The molecular formula is C26H28N2O2. The molecule has 1 aliphatic heterocycles. The molecule has 154 valence electrons. The summed E-state index contributed by atoms with van der Waals surface area (Å²) in [6, 6.07) is 21.8. The molecule has 1 heterocycles. The normalized spacial score (nSPS) is 15.3. The van der Waals surface area contributed by atoms with Gasteiger partial charge in [-0.25, -0.2) is 0 Å². The molecule has 0 unspecified atom stereocenters. The van der Waals surface area contributed by atoms with Crippen molar-refractivity contribution in [3.63, 3.8) is 0 Å². The molecule has 0 amide bonds. The molecular weight excluding hydrogens is 372 g/mol. The second-order valence-electron chi connectivity index (χ2n) is 8.34. The number of hydrogen-bond donors (Lipinski definition) is 0. The Morgan fingerprint density at radius 3 is 2.17 bits per heavy atom. The fourth-order valence-electron chi connectivity index (χ4n) is 4.17. The molecule has 4 rings (SSSR count). The van der Waals surface area contributed by atoms with Crippen molar-refractivity contribution in [1.29, 1.82) is 0 Å². The Balaban J connectivity index is 1.33. The van der Waals surface area contributed by atoms with Crippen LogP contribution in [0.4, 0.5) is 5.69 Å². The number of nitrogens with zero attached hydrogens (tertiary/aromatic N) is 2. The van der Waals surface area contributed by atoms with Gasteiger partial charge in [-0.3, -0.25) is 14.5 Å². The molecule has 0 spiro atoms. The minimum Gasteiger partial charge on any atom is -0.378 e. The molecule has 0 aliphatic carbocycles. The Morgan fingerprint density at radius 2 is 1.50 bits per heavy atom. The standard InChI is InChI=1S/C26H28N2O2/c1-27(2)24-11-9-20(10-12-24)26(30)21-13-15-28(16-14-21)18-25(29)23-8-7-19-5-3-4-6-22(19)17-23/h3-12,17,21H,13-16,18H2,1-2H3. The lowest BCUT2D eigenvalue weighted by Gasteiger charge is -2.30. The van der Waals surface area contributed by atoms with E-state index in [0.29, 0.717) is 6.54 Å². The molecule has 0 bridgehead atoms. The van der Waals surface area contributed by atoms with E-state index in [1.807, 2.05) is 79.7 Å². The number of piperidine rings is 1. The summed E-state index contributed by atoms with van der Waals surface area (Å²) in [5.41, 5.74) is 2.63. The van der Waals surface area contributed by atoms with Crippen LogP contribution in [-0.2, 0) is 0 Å². The SMILES string of the molecule is CN(C)c1ccc(C(=O)C2CCN(CC(=O)c3ccc4ccccc4c3)CC2)cc1. The van der Waals surface area contributed by atoms with E-state index in [9.17, 15) is 9.59 Å². The first-order valence-electron chi connectivity index (χ1n) is 10.6. The predicted molar refractivity (Wildman–Crippen MR) is 123 cm³/mol. The van der Waals surface area contributed by atoms with Gasteiger partial charge in [-0.05, 0) is 67.0 Å². The van der Waals surface area contributed by atoms with Crippen LogP contribution in [-0.4, -0.2) is 50.2 Å². The van der Waals surface area contributed by atoms with Gasteiger partial charge < -0.3 is 4.90 Å². The first-order valence-corrected chi connectivity index (χ1v) is 10.6. The van der Waals surface area contributed by atoms with E-state index in [0.717, 1.165) is 53.5 Å². The van der Waals surface area contributed by atoms with E-state index in [4.69, 9.17) is 0 Å². The number of carbonyl (C=O) groups excluding carboxylic acids is 2. The second-order valence-corrected chi connectivity index (χ2v) is 8.34. The molecule has 4 nitrogen and oxygen atoms in total. The summed E-state index contributed by atoms with van der Waals surface area (Å²) in [6.45, 7) is 1.98. The van der Waals surface area contributed by atoms with E-state index < -0.39 is 0 Å². The maximum atomic E-state index is 12.9. The average Bonchev–Trinajstić information content (AvgIpc) is 2.79. The lowest BCUT2D eigenvalue weighted by atomic mass is 9.88. The van der Waals surface area contributed by atoms with Crippen molar-refractivity contribution in [3.05, 3.63) is 77.9 Å². The van der Waals surface area contributed by atoms with E-state index in [-0.39, 0.29) is 17.5 Å². The zero-order chi connectivity index (χ0) is 21.1. The Morgan fingerprint density at radius 1 is 0.867 bits per heavy atom. The number of likely N-dealkylation sites (tertiary alicyclic amines) is 1. The van der Waals surface area contributed by atoms with Crippen LogP contribution in [0.1, 0.15) is 33.6 Å². The van der Waals surface area contributed by atoms with Crippen LogP contribution in [0.5, 0.6) is 0 Å². The summed E-state index contributed by atoms with van der Waals surface area (Å²) in [6.07, 6.45) is 1.61. The van der Waals surface area contributed by atoms with Gasteiger partial charge in [0.15, 0.2) is 11.6 Å². The first kappa shape index (κ1) is 20.3. The Hall–Kier alpha value is -2.98.